The second kappa shape index (κ2) is 4.77. The molecule has 0 saturated carbocycles. The number of benzene rings is 1. The molecule has 96 valence electrons. The lowest BCUT2D eigenvalue weighted by Crippen LogP contribution is -1.92. The maximum Gasteiger partial charge on any atom is 0.184 e. The van der Waals surface area contributed by atoms with Gasteiger partial charge in [-0.05, 0) is 12.1 Å². The number of hydrogen-bond donors (Lipinski definition) is 2. The van der Waals surface area contributed by atoms with Gasteiger partial charge in [-0.1, -0.05) is 12.1 Å². The number of anilines is 1. The van der Waals surface area contributed by atoms with E-state index < -0.39 is 0 Å². The van der Waals surface area contributed by atoms with Gasteiger partial charge in [0.15, 0.2) is 11.0 Å². The highest BCUT2D eigenvalue weighted by Gasteiger charge is 2.11. The summed E-state index contributed by atoms with van der Waals surface area (Å²) >= 11 is 1.37. The van der Waals surface area contributed by atoms with Gasteiger partial charge in [0.05, 0.1) is 17.7 Å². The molecule has 0 radical (unpaired) electrons. The lowest BCUT2D eigenvalue weighted by molar-refractivity contribution is 0.630. The highest BCUT2D eigenvalue weighted by atomic mass is 32.1. The van der Waals surface area contributed by atoms with Gasteiger partial charge in [-0.3, -0.25) is 5.10 Å². The predicted octanol–water partition coefficient (Wildman–Crippen LogP) is 2.24. The first-order chi connectivity index (χ1) is 9.22. The van der Waals surface area contributed by atoms with Crippen molar-refractivity contribution in [3.05, 3.63) is 47.0 Å². The van der Waals surface area contributed by atoms with Gasteiger partial charge in [0.2, 0.25) is 0 Å². The van der Waals surface area contributed by atoms with Crippen molar-refractivity contribution in [2.24, 2.45) is 0 Å². The summed E-state index contributed by atoms with van der Waals surface area (Å²) in [5, 5.41) is 9.18. The van der Waals surface area contributed by atoms with E-state index in [4.69, 9.17) is 5.73 Å². The Hall–Kier alpha value is -2.28. The number of nitrogen functional groups attached to an aromatic ring is 1. The summed E-state index contributed by atoms with van der Waals surface area (Å²) in [6, 6.07) is 6.40. The van der Waals surface area contributed by atoms with Crippen molar-refractivity contribution in [1.29, 1.82) is 0 Å². The average Bonchev–Trinajstić information content (AvgIpc) is 3.00. The largest absolute Gasteiger partial charge is 0.375 e. The normalized spacial score (nSPS) is 10.8. The lowest BCUT2D eigenvalue weighted by atomic mass is 10.2. The van der Waals surface area contributed by atoms with Gasteiger partial charge in [-0.2, -0.15) is 5.10 Å². The molecule has 0 aliphatic heterocycles. The number of nitrogens with one attached hydrogen (secondary N) is 1. The van der Waals surface area contributed by atoms with Crippen molar-refractivity contribution in [2.45, 2.75) is 6.42 Å². The first kappa shape index (κ1) is 11.8. The molecule has 7 heteroatoms. The Morgan fingerprint density at radius 2 is 2.11 bits per heavy atom. The van der Waals surface area contributed by atoms with E-state index in [0.717, 1.165) is 5.69 Å². The Balaban J connectivity index is 1.86. The van der Waals surface area contributed by atoms with Crippen molar-refractivity contribution < 1.29 is 4.39 Å². The van der Waals surface area contributed by atoms with Crippen LogP contribution in [0.2, 0.25) is 0 Å². The molecule has 0 atom stereocenters. The third kappa shape index (κ3) is 2.45. The van der Waals surface area contributed by atoms with E-state index in [1.54, 1.807) is 18.2 Å². The standard InChI is InChI=1S/C12H10FN5S/c13-9-4-2-1-3-8(9)11-16-10(17-18-11)5-7-6-19-12(14)15-7/h1-4,6H,5H2,(H2,14,15)(H,16,17,18). The second-order valence-electron chi connectivity index (χ2n) is 3.94. The summed E-state index contributed by atoms with van der Waals surface area (Å²) in [5.41, 5.74) is 6.76. The molecule has 0 saturated heterocycles. The maximum absolute atomic E-state index is 13.6. The van der Waals surface area contributed by atoms with Gasteiger partial charge in [0, 0.05) is 5.38 Å². The van der Waals surface area contributed by atoms with Crippen molar-refractivity contribution in [2.75, 3.05) is 5.73 Å². The molecule has 1 aromatic carbocycles. The third-order valence-electron chi connectivity index (χ3n) is 2.56. The van der Waals surface area contributed by atoms with Crippen LogP contribution in [0.4, 0.5) is 9.52 Å². The van der Waals surface area contributed by atoms with Crippen LogP contribution in [0.3, 0.4) is 0 Å². The number of aromatic amines is 1. The molecule has 0 amide bonds. The van der Waals surface area contributed by atoms with E-state index in [1.165, 1.54) is 17.4 Å². The van der Waals surface area contributed by atoms with Gasteiger partial charge >= 0.3 is 0 Å². The highest BCUT2D eigenvalue weighted by Crippen LogP contribution is 2.19. The Labute approximate surface area is 112 Å². The van der Waals surface area contributed by atoms with Crippen LogP contribution in [0.15, 0.2) is 29.6 Å². The number of nitrogens with two attached hydrogens (primary N) is 1. The molecule has 3 rings (SSSR count). The second-order valence-corrected chi connectivity index (χ2v) is 4.83. The first-order valence-electron chi connectivity index (χ1n) is 5.58. The molecule has 0 fully saturated rings. The Bertz CT molecular complexity index is 705. The summed E-state index contributed by atoms with van der Waals surface area (Å²) in [6.07, 6.45) is 0.495. The van der Waals surface area contributed by atoms with Crippen LogP contribution in [0.5, 0.6) is 0 Å². The van der Waals surface area contributed by atoms with E-state index in [9.17, 15) is 4.39 Å². The minimum absolute atomic E-state index is 0.342. The van der Waals surface area contributed by atoms with Crippen molar-refractivity contribution in [3.63, 3.8) is 0 Å². The Kier molecular flexibility index (Phi) is 2.96. The lowest BCUT2D eigenvalue weighted by Gasteiger charge is -1.95. The van der Waals surface area contributed by atoms with E-state index in [1.807, 2.05) is 5.38 Å². The number of hydrogen-bond acceptors (Lipinski definition) is 5. The van der Waals surface area contributed by atoms with Crippen LogP contribution in [0.25, 0.3) is 11.4 Å². The molecule has 5 nitrogen and oxygen atoms in total. The molecular weight excluding hydrogens is 265 g/mol. The number of rotatable bonds is 3. The first-order valence-corrected chi connectivity index (χ1v) is 6.46. The zero-order valence-corrected chi connectivity index (χ0v) is 10.6. The fourth-order valence-corrected chi connectivity index (χ4v) is 2.28. The van der Waals surface area contributed by atoms with Crippen LogP contribution in [0, 0.1) is 5.82 Å². The number of nitrogens with zero attached hydrogens (tertiary/aromatic N) is 3. The zero-order valence-electron chi connectivity index (χ0n) is 9.80. The summed E-state index contributed by atoms with van der Waals surface area (Å²) in [7, 11) is 0. The predicted molar refractivity (Wildman–Crippen MR) is 71.1 cm³/mol. The van der Waals surface area contributed by atoms with Crippen LogP contribution in [-0.4, -0.2) is 20.2 Å². The van der Waals surface area contributed by atoms with E-state index in [0.29, 0.717) is 28.8 Å². The molecule has 0 bridgehead atoms. The molecule has 2 aromatic heterocycles. The van der Waals surface area contributed by atoms with Crippen LogP contribution in [0.1, 0.15) is 11.5 Å². The zero-order chi connectivity index (χ0) is 13.2. The molecule has 0 aliphatic rings. The van der Waals surface area contributed by atoms with E-state index in [2.05, 4.69) is 20.2 Å². The van der Waals surface area contributed by atoms with Gasteiger partial charge < -0.3 is 5.73 Å². The Morgan fingerprint density at radius 1 is 1.26 bits per heavy atom. The van der Waals surface area contributed by atoms with E-state index >= 15 is 0 Å². The minimum Gasteiger partial charge on any atom is -0.375 e. The highest BCUT2D eigenvalue weighted by molar-refractivity contribution is 7.13. The summed E-state index contributed by atoms with van der Waals surface area (Å²) < 4.78 is 13.6. The maximum atomic E-state index is 13.6. The van der Waals surface area contributed by atoms with E-state index in [-0.39, 0.29) is 5.82 Å². The number of H-pyrrole nitrogens is 1. The van der Waals surface area contributed by atoms with Crippen molar-refractivity contribution in [1.82, 2.24) is 20.2 Å². The SMILES string of the molecule is Nc1nc(Cc2nc(-c3ccccc3F)n[nH]2)cs1. The minimum atomic E-state index is -0.342. The van der Waals surface area contributed by atoms with Gasteiger partial charge in [-0.15, -0.1) is 11.3 Å². The van der Waals surface area contributed by atoms with Crippen molar-refractivity contribution in [3.8, 4) is 11.4 Å². The molecule has 19 heavy (non-hydrogen) atoms. The van der Waals surface area contributed by atoms with Crippen molar-refractivity contribution >= 4 is 16.5 Å². The molecular formula is C12H10FN5S. The summed E-state index contributed by atoms with van der Waals surface area (Å²) in [5.74, 6) is 0.630. The number of thiazole rings is 1. The smallest absolute Gasteiger partial charge is 0.184 e. The van der Waals surface area contributed by atoms with Crippen LogP contribution in [-0.2, 0) is 6.42 Å². The summed E-state index contributed by atoms with van der Waals surface area (Å²) in [4.78, 5) is 8.40. The fourth-order valence-electron chi connectivity index (χ4n) is 1.71. The molecule has 3 aromatic rings. The molecule has 0 spiro atoms. The monoisotopic (exact) mass is 275 g/mol. The van der Waals surface area contributed by atoms with Gasteiger partial charge in [0.1, 0.15) is 11.6 Å². The molecule has 3 N–H and O–H groups in total. The molecule has 0 unspecified atom stereocenters. The molecule has 2 heterocycles. The molecule has 0 aliphatic carbocycles. The van der Waals surface area contributed by atoms with Gasteiger partial charge in [0.25, 0.3) is 0 Å². The van der Waals surface area contributed by atoms with Crippen LogP contribution >= 0.6 is 11.3 Å². The number of halogens is 1. The van der Waals surface area contributed by atoms with Crippen LogP contribution < -0.4 is 5.73 Å². The van der Waals surface area contributed by atoms with Gasteiger partial charge in [-0.25, -0.2) is 14.4 Å². The average molecular weight is 275 g/mol. The summed E-state index contributed by atoms with van der Waals surface area (Å²) in [6.45, 7) is 0. The third-order valence-corrected chi connectivity index (χ3v) is 3.29. The fraction of sp³-hybridized carbons (Fsp3) is 0.0833. The quantitative estimate of drug-likeness (QED) is 0.768. The number of aromatic nitrogens is 4. The Morgan fingerprint density at radius 3 is 2.84 bits per heavy atom. The topological polar surface area (TPSA) is 80.5 Å².